The molecule has 1 aromatic rings. The number of halogens is 5. The minimum Gasteiger partial charge on any atom is -0.490 e. The van der Waals surface area contributed by atoms with Crippen molar-refractivity contribution < 1.29 is 31.4 Å². The average Bonchev–Trinajstić information content (AvgIpc) is 2.77. The number of benzene rings is 1. The summed E-state index contributed by atoms with van der Waals surface area (Å²) in [7, 11) is 0. The first kappa shape index (κ1) is 16.0. The minimum atomic E-state index is -4.49. The largest absolute Gasteiger partial charge is 0.490 e. The molecule has 1 aliphatic heterocycles. The molecule has 1 heterocycles. The van der Waals surface area contributed by atoms with Gasteiger partial charge in [-0.1, -0.05) is 13.0 Å². The van der Waals surface area contributed by atoms with E-state index < -0.39 is 35.8 Å². The smallest absolute Gasteiger partial charge is 0.414 e. The van der Waals surface area contributed by atoms with Gasteiger partial charge in [-0.05, 0) is 13.0 Å². The van der Waals surface area contributed by atoms with Gasteiger partial charge in [0.1, 0.15) is 0 Å². The Balaban J connectivity index is 2.37. The van der Waals surface area contributed by atoms with Crippen molar-refractivity contribution in [3.8, 4) is 5.75 Å². The van der Waals surface area contributed by atoms with Gasteiger partial charge in [0.25, 0.3) is 0 Å². The quantitative estimate of drug-likeness (QED) is 0.784. The Kier molecular flexibility index (Phi) is 4.41. The molecule has 1 fully saturated rings. The fourth-order valence-electron chi connectivity index (χ4n) is 2.62. The van der Waals surface area contributed by atoms with E-state index in [4.69, 9.17) is 9.47 Å². The number of hydrogen-bond acceptors (Lipinski definition) is 2. The second-order valence-corrected chi connectivity index (χ2v) is 4.97. The van der Waals surface area contributed by atoms with Crippen LogP contribution in [0.1, 0.15) is 25.3 Å². The van der Waals surface area contributed by atoms with Crippen molar-refractivity contribution in [3.05, 3.63) is 29.3 Å². The summed E-state index contributed by atoms with van der Waals surface area (Å²) in [5.74, 6) is -4.22. The molecule has 2 rings (SSSR count). The summed E-state index contributed by atoms with van der Waals surface area (Å²) in [6.07, 6.45) is -6.40. The van der Waals surface area contributed by atoms with Crippen LogP contribution < -0.4 is 4.74 Å². The van der Waals surface area contributed by atoms with Crippen LogP contribution in [0.4, 0.5) is 22.0 Å². The second-order valence-electron chi connectivity index (χ2n) is 4.97. The molecule has 3 atom stereocenters. The van der Waals surface area contributed by atoms with Crippen LogP contribution in [0.2, 0.25) is 0 Å². The van der Waals surface area contributed by atoms with Crippen LogP contribution >= 0.6 is 0 Å². The van der Waals surface area contributed by atoms with Gasteiger partial charge in [-0.25, -0.2) is 4.39 Å². The molecule has 0 bridgehead atoms. The molecule has 0 aromatic heterocycles. The molecule has 0 aliphatic carbocycles. The lowest BCUT2D eigenvalue weighted by Gasteiger charge is -2.22. The highest BCUT2D eigenvalue weighted by Gasteiger charge is 2.51. The predicted molar refractivity (Wildman–Crippen MR) is 65.2 cm³/mol. The van der Waals surface area contributed by atoms with E-state index in [0.29, 0.717) is 0 Å². The van der Waals surface area contributed by atoms with E-state index in [1.54, 1.807) is 6.92 Å². The molecule has 1 aromatic carbocycles. The molecular formula is C14H15F5O2. The Morgan fingerprint density at radius 3 is 2.48 bits per heavy atom. The van der Waals surface area contributed by atoms with Crippen molar-refractivity contribution in [1.82, 2.24) is 0 Å². The van der Waals surface area contributed by atoms with E-state index in [9.17, 15) is 22.0 Å². The third-order valence-corrected chi connectivity index (χ3v) is 3.66. The van der Waals surface area contributed by atoms with Gasteiger partial charge in [-0.3, -0.25) is 0 Å². The minimum absolute atomic E-state index is 0.0814. The lowest BCUT2D eigenvalue weighted by molar-refractivity contribution is -0.215. The number of alkyl halides is 3. The summed E-state index contributed by atoms with van der Waals surface area (Å²) in [5, 5.41) is 0. The van der Waals surface area contributed by atoms with Gasteiger partial charge in [0.2, 0.25) is 5.82 Å². The van der Waals surface area contributed by atoms with E-state index in [2.05, 4.69) is 0 Å². The summed E-state index contributed by atoms with van der Waals surface area (Å²) in [6.45, 7) is 2.84. The van der Waals surface area contributed by atoms with Gasteiger partial charge >= 0.3 is 6.18 Å². The molecule has 3 unspecified atom stereocenters. The summed E-state index contributed by atoms with van der Waals surface area (Å²) in [5.41, 5.74) is 0.204. The van der Waals surface area contributed by atoms with Crippen molar-refractivity contribution in [2.24, 2.45) is 5.92 Å². The molecule has 0 saturated carbocycles. The zero-order chi connectivity index (χ0) is 15.8. The van der Waals surface area contributed by atoms with Gasteiger partial charge in [0, 0.05) is 17.4 Å². The molecule has 0 radical (unpaired) electrons. The summed E-state index contributed by atoms with van der Waals surface area (Å²) in [6, 6.07) is 2.15. The van der Waals surface area contributed by atoms with Crippen molar-refractivity contribution in [2.45, 2.75) is 32.0 Å². The van der Waals surface area contributed by atoms with Gasteiger partial charge in [-0.15, -0.1) is 0 Å². The predicted octanol–water partition coefficient (Wildman–Crippen LogP) is 4.04. The molecule has 2 nitrogen and oxygen atoms in total. The van der Waals surface area contributed by atoms with E-state index in [1.807, 2.05) is 0 Å². The molecule has 1 saturated heterocycles. The van der Waals surface area contributed by atoms with Gasteiger partial charge in [0.15, 0.2) is 17.7 Å². The Bertz CT molecular complexity index is 515. The molecule has 0 spiro atoms. The molecule has 21 heavy (non-hydrogen) atoms. The van der Waals surface area contributed by atoms with Crippen LogP contribution in [0.3, 0.4) is 0 Å². The standard InChI is InChI=1S/C14H15F5O2/c1-3-20-12-8(4-5-10(15)11(12)16)9-6-21-13(7(9)2)14(17,18)19/h4-5,7,9,13H,3,6H2,1-2H3. The van der Waals surface area contributed by atoms with Gasteiger partial charge in [0.05, 0.1) is 13.2 Å². The molecular weight excluding hydrogens is 295 g/mol. The number of hydrogen-bond donors (Lipinski definition) is 0. The van der Waals surface area contributed by atoms with E-state index in [-0.39, 0.29) is 24.5 Å². The first-order chi connectivity index (χ1) is 9.77. The SMILES string of the molecule is CCOc1c(C2COC(C(F)(F)F)C2C)ccc(F)c1F. The summed E-state index contributed by atoms with van der Waals surface area (Å²) >= 11 is 0. The third kappa shape index (κ3) is 2.97. The lowest BCUT2D eigenvalue weighted by atomic mass is 9.86. The normalized spacial score (nSPS) is 26.1. The lowest BCUT2D eigenvalue weighted by Crippen LogP contribution is -2.33. The fourth-order valence-corrected chi connectivity index (χ4v) is 2.62. The molecule has 0 N–H and O–H groups in total. The molecule has 118 valence electrons. The van der Waals surface area contributed by atoms with Crippen LogP contribution in [0.25, 0.3) is 0 Å². The number of ether oxygens (including phenoxy) is 2. The van der Waals surface area contributed by atoms with Crippen molar-refractivity contribution in [3.63, 3.8) is 0 Å². The summed E-state index contributed by atoms with van der Waals surface area (Å²) < 4.78 is 75.4. The van der Waals surface area contributed by atoms with Crippen molar-refractivity contribution >= 4 is 0 Å². The molecule has 0 amide bonds. The van der Waals surface area contributed by atoms with Crippen molar-refractivity contribution in [2.75, 3.05) is 13.2 Å². The first-order valence-electron chi connectivity index (χ1n) is 6.56. The van der Waals surface area contributed by atoms with Crippen LogP contribution in [-0.4, -0.2) is 25.5 Å². The molecule has 1 aliphatic rings. The van der Waals surface area contributed by atoms with Gasteiger partial charge < -0.3 is 9.47 Å². The van der Waals surface area contributed by atoms with Gasteiger partial charge in [-0.2, -0.15) is 17.6 Å². The Hall–Kier alpha value is -1.37. The Morgan fingerprint density at radius 1 is 1.29 bits per heavy atom. The maximum Gasteiger partial charge on any atom is 0.414 e. The van der Waals surface area contributed by atoms with Crippen LogP contribution in [0, 0.1) is 17.6 Å². The maximum atomic E-state index is 13.8. The number of rotatable bonds is 3. The fraction of sp³-hybridized carbons (Fsp3) is 0.571. The Labute approximate surface area is 118 Å². The summed E-state index contributed by atoms with van der Waals surface area (Å²) in [4.78, 5) is 0. The topological polar surface area (TPSA) is 18.5 Å². The van der Waals surface area contributed by atoms with Crippen LogP contribution in [-0.2, 0) is 4.74 Å². The van der Waals surface area contributed by atoms with Crippen LogP contribution in [0.5, 0.6) is 5.75 Å². The highest BCUT2D eigenvalue weighted by Crippen LogP contribution is 2.45. The zero-order valence-corrected chi connectivity index (χ0v) is 11.5. The van der Waals surface area contributed by atoms with E-state index in [0.717, 1.165) is 6.07 Å². The third-order valence-electron chi connectivity index (χ3n) is 3.66. The highest BCUT2D eigenvalue weighted by atomic mass is 19.4. The zero-order valence-electron chi connectivity index (χ0n) is 11.5. The Morgan fingerprint density at radius 2 is 1.95 bits per heavy atom. The van der Waals surface area contributed by atoms with E-state index in [1.165, 1.54) is 13.0 Å². The maximum absolute atomic E-state index is 13.8. The van der Waals surface area contributed by atoms with E-state index >= 15 is 0 Å². The average molecular weight is 310 g/mol. The van der Waals surface area contributed by atoms with Crippen molar-refractivity contribution in [1.29, 1.82) is 0 Å². The van der Waals surface area contributed by atoms with Crippen LogP contribution in [0.15, 0.2) is 12.1 Å². The first-order valence-corrected chi connectivity index (χ1v) is 6.56. The second kappa shape index (κ2) is 5.79. The molecule has 7 heteroatoms. The highest BCUT2D eigenvalue weighted by molar-refractivity contribution is 5.39. The monoisotopic (exact) mass is 310 g/mol.